The number of aliphatic imine (C=N–C) groups is 1. The van der Waals surface area contributed by atoms with Crippen molar-refractivity contribution in [1.29, 1.82) is 0 Å². The molecule has 0 saturated carbocycles. The number of nitrogen functional groups attached to an aromatic ring is 1. The van der Waals surface area contributed by atoms with Crippen LogP contribution in [0.4, 0.5) is 17.1 Å². The number of aromatic nitrogens is 3. The molecule has 5 rings (SSSR count). The predicted octanol–water partition coefficient (Wildman–Crippen LogP) is 4.20. The van der Waals surface area contributed by atoms with Crippen molar-refractivity contribution in [3.05, 3.63) is 66.2 Å². The SMILES string of the molecule is CCc1cc(O)ccc1/N=C(\N)c1cnn2cc(-c3cnccc3N3CCCC(N(C)C)CC3)cc2c1N. The molecule has 0 aliphatic carbocycles. The molecule has 3 aromatic heterocycles. The Morgan fingerprint density at radius 3 is 2.79 bits per heavy atom. The molecular formula is C29H36N8O. The zero-order chi connectivity index (χ0) is 26.8. The normalized spacial score (nSPS) is 16.8. The van der Waals surface area contributed by atoms with Gasteiger partial charge in [0.1, 0.15) is 11.6 Å². The van der Waals surface area contributed by atoms with Crippen molar-refractivity contribution in [2.75, 3.05) is 37.8 Å². The van der Waals surface area contributed by atoms with Crippen LogP contribution in [0.5, 0.6) is 5.75 Å². The van der Waals surface area contributed by atoms with Gasteiger partial charge in [-0.2, -0.15) is 5.10 Å². The second-order valence-electron chi connectivity index (χ2n) is 10.1. The second kappa shape index (κ2) is 10.7. The second-order valence-corrected chi connectivity index (χ2v) is 10.1. The third kappa shape index (κ3) is 5.02. The number of pyridine rings is 1. The van der Waals surface area contributed by atoms with E-state index in [0.717, 1.165) is 54.6 Å². The Balaban J connectivity index is 1.49. The number of hydrogen-bond acceptors (Lipinski definition) is 7. The van der Waals surface area contributed by atoms with Crippen molar-refractivity contribution in [2.45, 2.75) is 38.6 Å². The lowest BCUT2D eigenvalue weighted by Gasteiger charge is -2.26. The van der Waals surface area contributed by atoms with E-state index in [-0.39, 0.29) is 11.6 Å². The van der Waals surface area contributed by atoms with Gasteiger partial charge in [0.15, 0.2) is 0 Å². The molecule has 0 radical (unpaired) electrons. The summed E-state index contributed by atoms with van der Waals surface area (Å²) in [5, 5.41) is 14.4. The topological polar surface area (TPSA) is 121 Å². The van der Waals surface area contributed by atoms with Crippen molar-refractivity contribution in [1.82, 2.24) is 19.5 Å². The summed E-state index contributed by atoms with van der Waals surface area (Å²) in [7, 11) is 4.34. The van der Waals surface area contributed by atoms with Crippen molar-refractivity contribution >= 4 is 28.4 Å². The van der Waals surface area contributed by atoms with Gasteiger partial charge >= 0.3 is 0 Å². The summed E-state index contributed by atoms with van der Waals surface area (Å²) in [4.78, 5) is 13.9. The molecule has 1 fully saturated rings. The molecule has 0 spiro atoms. The van der Waals surface area contributed by atoms with Crippen molar-refractivity contribution in [2.24, 2.45) is 10.7 Å². The number of amidine groups is 1. The minimum atomic E-state index is 0.204. The van der Waals surface area contributed by atoms with Crippen LogP contribution >= 0.6 is 0 Å². The van der Waals surface area contributed by atoms with Crippen LogP contribution in [0.15, 0.2) is 60.1 Å². The van der Waals surface area contributed by atoms with E-state index in [2.05, 4.69) is 45.0 Å². The lowest BCUT2D eigenvalue weighted by Crippen LogP contribution is -2.30. The molecule has 4 aromatic rings. The number of nitrogens with zero attached hydrogens (tertiary/aromatic N) is 6. The standard InChI is InChI=1S/C29H36N8O/c1-4-19-14-22(38)7-8-25(19)34-29(31)24-17-33-37-18-20(15-27(37)28(24)30)23-16-32-11-9-26(23)36-12-5-6-21(10-13-36)35(2)3/h7-9,11,14-18,21,38H,4-6,10,12-13,30H2,1-3H3,(H2,31,34). The van der Waals surface area contributed by atoms with Crippen LogP contribution in [0.1, 0.15) is 37.3 Å². The summed E-state index contributed by atoms with van der Waals surface area (Å²) in [6, 6.07) is 9.80. The summed E-state index contributed by atoms with van der Waals surface area (Å²) in [5.74, 6) is 0.484. The zero-order valence-corrected chi connectivity index (χ0v) is 22.3. The van der Waals surface area contributed by atoms with Crippen molar-refractivity contribution in [3.8, 4) is 16.9 Å². The molecule has 9 heteroatoms. The van der Waals surface area contributed by atoms with Crippen molar-refractivity contribution in [3.63, 3.8) is 0 Å². The molecule has 5 N–H and O–H groups in total. The molecule has 4 heterocycles. The summed E-state index contributed by atoms with van der Waals surface area (Å²) in [6.45, 7) is 4.03. The highest BCUT2D eigenvalue weighted by Crippen LogP contribution is 2.34. The highest BCUT2D eigenvalue weighted by atomic mass is 16.3. The van der Waals surface area contributed by atoms with Gasteiger partial charge in [-0.15, -0.1) is 0 Å². The smallest absolute Gasteiger partial charge is 0.135 e. The van der Waals surface area contributed by atoms with Crippen LogP contribution < -0.4 is 16.4 Å². The average molecular weight is 513 g/mol. The maximum atomic E-state index is 9.81. The Labute approximate surface area is 223 Å². The number of phenols is 1. The number of benzene rings is 1. The molecule has 38 heavy (non-hydrogen) atoms. The first-order valence-electron chi connectivity index (χ1n) is 13.1. The molecule has 0 amide bonds. The van der Waals surface area contributed by atoms with Gasteiger partial charge in [0.25, 0.3) is 0 Å². The van der Waals surface area contributed by atoms with E-state index >= 15 is 0 Å². The van der Waals surface area contributed by atoms with Gasteiger partial charge < -0.3 is 26.4 Å². The molecule has 1 saturated heterocycles. The quantitative estimate of drug-likeness (QED) is 0.261. The van der Waals surface area contributed by atoms with Gasteiger partial charge in [0, 0.05) is 54.5 Å². The first-order chi connectivity index (χ1) is 18.4. The van der Waals surface area contributed by atoms with Crippen LogP contribution in [0.25, 0.3) is 16.6 Å². The third-order valence-electron chi connectivity index (χ3n) is 7.52. The Bertz CT molecular complexity index is 1470. The lowest BCUT2D eigenvalue weighted by molar-refractivity contribution is 0.272. The molecule has 1 aliphatic heterocycles. The average Bonchev–Trinajstić information content (AvgIpc) is 3.20. The summed E-state index contributed by atoms with van der Waals surface area (Å²) in [5.41, 5.74) is 19.7. The number of fused-ring (bicyclic) bond motifs is 1. The Morgan fingerprint density at radius 2 is 2.00 bits per heavy atom. The zero-order valence-electron chi connectivity index (χ0n) is 22.3. The Hall–Kier alpha value is -4.11. The van der Waals surface area contributed by atoms with Gasteiger partial charge in [0.2, 0.25) is 0 Å². The van der Waals surface area contributed by atoms with Crippen LogP contribution in [0.2, 0.25) is 0 Å². The third-order valence-corrected chi connectivity index (χ3v) is 7.52. The number of nitrogens with two attached hydrogens (primary N) is 2. The number of aromatic hydroxyl groups is 1. The molecule has 9 nitrogen and oxygen atoms in total. The van der Waals surface area contributed by atoms with E-state index < -0.39 is 0 Å². The van der Waals surface area contributed by atoms with Crippen LogP contribution in [-0.2, 0) is 6.42 Å². The van der Waals surface area contributed by atoms with Gasteiger partial charge in [-0.25, -0.2) is 9.51 Å². The van der Waals surface area contributed by atoms with Gasteiger partial charge in [0.05, 0.1) is 28.7 Å². The summed E-state index contributed by atoms with van der Waals surface area (Å²) < 4.78 is 1.78. The largest absolute Gasteiger partial charge is 0.508 e. The van der Waals surface area contributed by atoms with Crippen molar-refractivity contribution < 1.29 is 5.11 Å². The van der Waals surface area contributed by atoms with Gasteiger partial charge in [-0.1, -0.05) is 6.92 Å². The van der Waals surface area contributed by atoms with Crippen LogP contribution in [0, 0.1) is 0 Å². The molecule has 198 valence electrons. The number of phenolic OH excluding ortho intramolecular Hbond substituents is 1. The lowest BCUT2D eigenvalue weighted by atomic mass is 10.1. The molecule has 0 bridgehead atoms. The molecule has 1 aromatic carbocycles. The van der Waals surface area contributed by atoms with Gasteiger partial charge in [-0.05, 0) is 75.7 Å². The van der Waals surface area contributed by atoms with E-state index in [4.69, 9.17) is 11.5 Å². The minimum absolute atomic E-state index is 0.204. The maximum Gasteiger partial charge on any atom is 0.135 e. The highest BCUT2D eigenvalue weighted by molar-refractivity contribution is 6.06. The fourth-order valence-electron chi connectivity index (χ4n) is 5.30. The van der Waals surface area contributed by atoms with E-state index in [1.54, 1.807) is 28.9 Å². The number of anilines is 2. The maximum absolute atomic E-state index is 9.81. The monoisotopic (exact) mass is 512 g/mol. The molecular weight excluding hydrogens is 476 g/mol. The van der Waals surface area contributed by atoms with Crippen LogP contribution in [-0.4, -0.2) is 63.7 Å². The fourth-order valence-corrected chi connectivity index (χ4v) is 5.30. The van der Waals surface area contributed by atoms with E-state index in [9.17, 15) is 5.11 Å². The fraction of sp³-hybridized carbons (Fsp3) is 0.345. The Morgan fingerprint density at radius 1 is 1.16 bits per heavy atom. The highest BCUT2D eigenvalue weighted by Gasteiger charge is 2.22. The van der Waals surface area contributed by atoms with Crippen LogP contribution in [0.3, 0.4) is 0 Å². The summed E-state index contributed by atoms with van der Waals surface area (Å²) in [6.07, 6.45) is 11.6. The van der Waals surface area contributed by atoms with E-state index in [1.807, 2.05) is 31.6 Å². The Kier molecular flexibility index (Phi) is 7.20. The summed E-state index contributed by atoms with van der Waals surface area (Å²) >= 11 is 0. The van der Waals surface area contributed by atoms with E-state index in [1.165, 1.54) is 12.1 Å². The first-order valence-corrected chi connectivity index (χ1v) is 13.1. The predicted molar refractivity (Wildman–Crippen MR) is 154 cm³/mol. The number of rotatable bonds is 6. The van der Waals surface area contributed by atoms with Gasteiger partial charge in [-0.3, -0.25) is 4.98 Å². The minimum Gasteiger partial charge on any atom is -0.508 e. The van der Waals surface area contributed by atoms with E-state index in [0.29, 0.717) is 23.0 Å². The first kappa shape index (κ1) is 25.5. The molecule has 1 atom stereocenters. The number of hydrogen-bond donors (Lipinski definition) is 3. The molecule has 1 aliphatic rings. The molecule has 1 unspecified atom stereocenters. The number of aryl methyl sites for hydroxylation is 1.